The second-order valence-corrected chi connectivity index (χ2v) is 3.43. The quantitative estimate of drug-likeness (QED) is 0.429. The molecule has 8 nitrogen and oxygen atoms in total. The summed E-state index contributed by atoms with van der Waals surface area (Å²) >= 11 is 0. The first-order valence-electron chi connectivity index (χ1n) is 4.62. The molecule has 2 heterocycles. The van der Waals surface area contributed by atoms with E-state index in [9.17, 15) is 24.0 Å². The van der Waals surface area contributed by atoms with Gasteiger partial charge in [0.05, 0.1) is 0 Å². The summed E-state index contributed by atoms with van der Waals surface area (Å²) in [5, 5.41) is 10.5. The van der Waals surface area contributed by atoms with Crippen LogP contribution in [0.25, 0.3) is 0 Å². The normalized spacial score (nSPS) is 20.4. The van der Waals surface area contributed by atoms with E-state index in [4.69, 9.17) is 5.11 Å². The average Bonchev–Trinajstić information content (AvgIpc) is 2.67. The smallest absolute Gasteiger partial charge is 0.343 e. The highest BCUT2D eigenvalue weighted by molar-refractivity contribution is 6.32. The SMILES string of the molecule is O=C(O)C1=C(N2C(=O)CCC2=O)C(=O)NC1=O. The van der Waals surface area contributed by atoms with E-state index in [1.807, 2.05) is 0 Å². The monoisotopic (exact) mass is 238 g/mol. The molecule has 0 bridgehead atoms. The van der Waals surface area contributed by atoms with E-state index >= 15 is 0 Å². The van der Waals surface area contributed by atoms with Gasteiger partial charge in [0, 0.05) is 12.8 Å². The largest absolute Gasteiger partial charge is 0.477 e. The van der Waals surface area contributed by atoms with Gasteiger partial charge in [-0.15, -0.1) is 0 Å². The summed E-state index contributed by atoms with van der Waals surface area (Å²) in [6.07, 6.45) is -0.201. The minimum Gasteiger partial charge on any atom is -0.477 e. The van der Waals surface area contributed by atoms with Gasteiger partial charge in [0.1, 0.15) is 5.70 Å². The number of imide groups is 2. The zero-order chi connectivity index (χ0) is 12.7. The number of hydrogen-bond donors (Lipinski definition) is 2. The topological polar surface area (TPSA) is 121 Å². The van der Waals surface area contributed by atoms with Gasteiger partial charge in [-0.3, -0.25) is 24.5 Å². The van der Waals surface area contributed by atoms with Crippen molar-refractivity contribution in [3.63, 3.8) is 0 Å². The zero-order valence-corrected chi connectivity index (χ0v) is 8.35. The van der Waals surface area contributed by atoms with Crippen LogP contribution in [-0.2, 0) is 24.0 Å². The molecule has 2 N–H and O–H groups in total. The second-order valence-electron chi connectivity index (χ2n) is 3.43. The van der Waals surface area contributed by atoms with Crippen LogP contribution in [0.15, 0.2) is 11.3 Å². The Hall–Kier alpha value is -2.51. The summed E-state index contributed by atoms with van der Waals surface area (Å²) in [6.45, 7) is 0. The van der Waals surface area contributed by atoms with E-state index in [1.54, 1.807) is 5.32 Å². The van der Waals surface area contributed by atoms with Crippen LogP contribution in [0, 0.1) is 0 Å². The van der Waals surface area contributed by atoms with E-state index < -0.39 is 40.9 Å². The lowest BCUT2D eigenvalue weighted by Gasteiger charge is -2.13. The molecule has 88 valence electrons. The van der Waals surface area contributed by atoms with Crippen molar-refractivity contribution >= 4 is 29.6 Å². The van der Waals surface area contributed by atoms with Gasteiger partial charge in [-0.2, -0.15) is 0 Å². The molecule has 0 radical (unpaired) electrons. The summed E-state index contributed by atoms with van der Waals surface area (Å²) in [5.74, 6) is -5.20. The number of nitrogens with zero attached hydrogens (tertiary/aromatic N) is 1. The fraction of sp³-hybridized carbons (Fsp3) is 0.222. The van der Waals surface area contributed by atoms with Crippen LogP contribution in [0.5, 0.6) is 0 Å². The van der Waals surface area contributed by atoms with Crippen molar-refractivity contribution < 1.29 is 29.1 Å². The molecule has 2 aliphatic heterocycles. The maximum Gasteiger partial charge on any atom is 0.343 e. The first kappa shape index (κ1) is 11.0. The minimum absolute atomic E-state index is 0.100. The molecule has 1 saturated heterocycles. The average molecular weight is 238 g/mol. The molecule has 0 aliphatic carbocycles. The van der Waals surface area contributed by atoms with Crippen molar-refractivity contribution in [2.45, 2.75) is 12.8 Å². The van der Waals surface area contributed by atoms with E-state index in [0.29, 0.717) is 4.90 Å². The van der Waals surface area contributed by atoms with Crippen LogP contribution in [0.1, 0.15) is 12.8 Å². The number of carboxylic acids is 1. The van der Waals surface area contributed by atoms with Crippen LogP contribution in [0.3, 0.4) is 0 Å². The van der Waals surface area contributed by atoms with Crippen LogP contribution >= 0.6 is 0 Å². The third-order valence-electron chi connectivity index (χ3n) is 2.40. The number of hydrogen-bond acceptors (Lipinski definition) is 5. The Kier molecular flexibility index (Phi) is 2.27. The Morgan fingerprint density at radius 2 is 1.59 bits per heavy atom. The molecule has 17 heavy (non-hydrogen) atoms. The van der Waals surface area contributed by atoms with Crippen LogP contribution in [-0.4, -0.2) is 39.6 Å². The van der Waals surface area contributed by atoms with Crippen molar-refractivity contribution in [1.82, 2.24) is 10.2 Å². The Morgan fingerprint density at radius 1 is 1.06 bits per heavy atom. The Balaban J connectivity index is 2.57. The summed E-state index contributed by atoms with van der Waals surface area (Å²) in [5.41, 5.74) is -1.56. The van der Waals surface area contributed by atoms with Crippen molar-refractivity contribution in [2.24, 2.45) is 0 Å². The summed E-state index contributed by atoms with van der Waals surface area (Å²) in [4.78, 5) is 56.6. The van der Waals surface area contributed by atoms with Gasteiger partial charge in [-0.25, -0.2) is 9.69 Å². The Labute approximate surface area is 93.9 Å². The maximum absolute atomic E-state index is 11.4. The predicted octanol–water partition coefficient (Wildman–Crippen LogP) is -1.87. The molecule has 2 aliphatic rings. The Bertz CT molecular complexity index is 502. The molecule has 0 unspecified atom stereocenters. The molecule has 0 aromatic carbocycles. The van der Waals surface area contributed by atoms with Gasteiger partial charge in [-0.05, 0) is 0 Å². The molecule has 0 saturated carbocycles. The molecule has 0 aromatic rings. The molecule has 0 atom stereocenters. The van der Waals surface area contributed by atoms with Crippen LogP contribution in [0.4, 0.5) is 0 Å². The number of nitrogens with one attached hydrogen (secondary N) is 1. The van der Waals surface area contributed by atoms with Crippen LogP contribution in [0.2, 0.25) is 0 Å². The van der Waals surface area contributed by atoms with Gasteiger partial charge in [0.25, 0.3) is 11.8 Å². The summed E-state index contributed by atoms with van der Waals surface area (Å²) in [6, 6.07) is 0. The number of carbonyl (C=O) groups is 5. The van der Waals surface area contributed by atoms with E-state index in [2.05, 4.69) is 0 Å². The lowest BCUT2D eigenvalue weighted by Crippen LogP contribution is -2.34. The van der Waals surface area contributed by atoms with Crippen molar-refractivity contribution in [2.75, 3.05) is 0 Å². The standard InChI is InChI=1S/C9H6N2O6/c12-3-1-2-4(13)11(3)6-5(9(16)17)7(14)10-8(6)15/h1-2H2,(H,16,17)(H,10,14,15). The Morgan fingerprint density at radius 3 is 2.06 bits per heavy atom. The van der Waals surface area contributed by atoms with Crippen molar-refractivity contribution in [1.29, 1.82) is 0 Å². The van der Waals surface area contributed by atoms with Gasteiger partial charge in [0.2, 0.25) is 11.8 Å². The highest BCUT2D eigenvalue weighted by Crippen LogP contribution is 2.24. The highest BCUT2D eigenvalue weighted by atomic mass is 16.4. The third-order valence-corrected chi connectivity index (χ3v) is 2.40. The molecule has 2 rings (SSSR count). The van der Waals surface area contributed by atoms with Gasteiger partial charge < -0.3 is 5.11 Å². The molecule has 8 heteroatoms. The number of aliphatic carboxylic acids is 1. The lowest BCUT2D eigenvalue weighted by atomic mass is 10.2. The van der Waals surface area contributed by atoms with Gasteiger partial charge in [0.15, 0.2) is 5.57 Å². The van der Waals surface area contributed by atoms with E-state index in [-0.39, 0.29) is 12.8 Å². The summed E-state index contributed by atoms with van der Waals surface area (Å²) < 4.78 is 0. The predicted molar refractivity (Wildman–Crippen MR) is 48.9 cm³/mol. The highest BCUT2D eigenvalue weighted by Gasteiger charge is 2.44. The van der Waals surface area contributed by atoms with Gasteiger partial charge in [-0.1, -0.05) is 0 Å². The molecular weight excluding hydrogens is 232 g/mol. The first-order valence-corrected chi connectivity index (χ1v) is 4.62. The molecule has 0 aromatic heterocycles. The summed E-state index contributed by atoms with van der Waals surface area (Å²) in [7, 11) is 0. The molecule has 0 spiro atoms. The molecular formula is C9H6N2O6. The van der Waals surface area contributed by atoms with Crippen LogP contribution < -0.4 is 5.32 Å². The van der Waals surface area contributed by atoms with Crippen molar-refractivity contribution in [3.05, 3.63) is 11.3 Å². The number of carboxylic acid groups (broad SMARTS) is 1. The first-order chi connectivity index (χ1) is 7.93. The second kappa shape index (κ2) is 3.51. The van der Waals surface area contributed by atoms with Crippen molar-refractivity contribution in [3.8, 4) is 0 Å². The molecule has 1 fully saturated rings. The van der Waals surface area contributed by atoms with E-state index in [1.165, 1.54) is 0 Å². The third kappa shape index (κ3) is 1.50. The fourth-order valence-electron chi connectivity index (χ4n) is 1.68. The fourth-order valence-corrected chi connectivity index (χ4v) is 1.68. The van der Waals surface area contributed by atoms with E-state index in [0.717, 1.165) is 0 Å². The number of rotatable bonds is 2. The molecule has 4 amide bonds. The number of amides is 4. The number of carbonyl (C=O) groups excluding carboxylic acids is 4. The minimum atomic E-state index is -1.66. The van der Waals surface area contributed by atoms with Gasteiger partial charge >= 0.3 is 5.97 Å². The maximum atomic E-state index is 11.4. The zero-order valence-electron chi connectivity index (χ0n) is 8.35. The number of likely N-dealkylation sites (tertiary alicyclic amines) is 1. The lowest BCUT2D eigenvalue weighted by molar-refractivity contribution is -0.138.